The van der Waals surface area contributed by atoms with Crippen molar-refractivity contribution in [3.05, 3.63) is 59.6 Å². The smallest absolute Gasteiger partial charge is 0.142 e. The van der Waals surface area contributed by atoms with Gasteiger partial charge in [0, 0.05) is 22.7 Å². The Bertz CT molecular complexity index is 746. The Morgan fingerprint density at radius 1 is 1.00 bits per heavy atom. The lowest BCUT2D eigenvalue weighted by molar-refractivity contribution is 0.781. The van der Waals surface area contributed by atoms with Gasteiger partial charge >= 0.3 is 0 Å². The number of halogens is 1. The molecule has 0 aliphatic rings. The van der Waals surface area contributed by atoms with Gasteiger partial charge in [-0.05, 0) is 19.1 Å². The Hall–Kier alpha value is -2.26. The number of hydrogen-bond acceptors (Lipinski definition) is 2. The third kappa shape index (κ3) is 2.52. The Labute approximate surface area is 129 Å². The molecule has 0 unspecified atom stereocenters. The third-order valence-electron chi connectivity index (χ3n) is 3.47. The highest BCUT2D eigenvalue weighted by atomic mass is 35.5. The van der Waals surface area contributed by atoms with Crippen LogP contribution in [-0.2, 0) is 6.54 Å². The first-order chi connectivity index (χ1) is 10.2. The van der Waals surface area contributed by atoms with Gasteiger partial charge in [-0.15, -0.1) is 0 Å². The fourth-order valence-corrected chi connectivity index (χ4v) is 2.54. The van der Waals surface area contributed by atoms with Crippen molar-refractivity contribution in [1.29, 1.82) is 0 Å². The van der Waals surface area contributed by atoms with E-state index in [2.05, 4.69) is 6.92 Å². The minimum absolute atomic E-state index is 0.679. The summed E-state index contributed by atoms with van der Waals surface area (Å²) in [6, 6.07) is 17.7. The highest BCUT2D eigenvalue weighted by molar-refractivity contribution is 6.30. The number of hydrogen-bond donors (Lipinski definition) is 1. The van der Waals surface area contributed by atoms with Crippen LogP contribution < -0.4 is 5.73 Å². The van der Waals surface area contributed by atoms with Crippen molar-refractivity contribution < 1.29 is 0 Å². The van der Waals surface area contributed by atoms with Crippen LogP contribution in [0.3, 0.4) is 0 Å². The molecule has 1 heterocycles. The first-order valence-electron chi connectivity index (χ1n) is 6.88. The molecule has 0 fully saturated rings. The second-order valence-electron chi connectivity index (χ2n) is 4.79. The van der Waals surface area contributed by atoms with Crippen LogP contribution >= 0.6 is 11.6 Å². The molecule has 0 radical (unpaired) electrons. The van der Waals surface area contributed by atoms with E-state index in [4.69, 9.17) is 22.3 Å². The average Bonchev–Trinajstić information content (AvgIpc) is 2.86. The van der Waals surface area contributed by atoms with Gasteiger partial charge < -0.3 is 10.3 Å². The second-order valence-corrected chi connectivity index (χ2v) is 5.22. The maximum Gasteiger partial charge on any atom is 0.142 e. The molecule has 0 bridgehead atoms. The molecule has 21 heavy (non-hydrogen) atoms. The number of benzene rings is 2. The van der Waals surface area contributed by atoms with Gasteiger partial charge in [0.1, 0.15) is 17.3 Å². The van der Waals surface area contributed by atoms with E-state index in [0.29, 0.717) is 10.8 Å². The van der Waals surface area contributed by atoms with Crippen LogP contribution in [0.2, 0.25) is 5.02 Å². The minimum atomic E-state index is 0.679. The lowest BCUT2D eigenvalue weighted by Crippen LogP contribution is -2.02. The first-order valence-corrected chi connectivity index (χ1v) is 7.26. The van der Waals surface area contributed by atoms with Crippen LogP contribution in [0.25, 0.3) is 22.6 Å². The van der Waals surface area contributed by atoms with E-state index < -0.39 is 0 Å². The van der Waals surface area contributed by atoms with Crippen molar-refractivity contribution in [3.63, 3.8) is 0 Å². The molecule has 4 heteroatoms. The standard InChI is InChI=1S/C17H16ClN3/c1-2-21-16(19)15(12-8-10-14(18)11-9-12)20-17(21)13-6-4-3-5-7-13/h3-11H,2,19H2,1H3. The highest BCUT2D eigenvalue weighted by Gasteiger charge is 2.16. The van der Waals surface area contributed by atoms with E-state index in [9.17, 15) is 0 Å². The van der Waals surface area contributed by atoms with E-state index in [0.717, 1.165) is 29.2 Å². The maximum absolute atomic E-state index is 6.29. The number of nitrogens with zero attached hydrogens (tertiary/aromatic N) is 2. The third-order valence-corrected chi connectivity index (χ3v) is 3.72. The molecule has 3 aromatic rings. The summed E-state index contributed by atoms with van der Waals surface area (Å²) in [6.45, 7) is 2.84. The summed E-state index contributed by atoms with van der Waals surface area (Å²) in [5.41, 5.74) is 9.12. The summed E-state index contributed by atoms with van der Waals surface area (Å²) in [4.78, 5) is 4.75. The molecule has 0 saturated heterocycles. The molecular weight excluding hydrogens is 282 g/mol. The SMILES string of the molecule is CCn1c(-c2ccccc2)nc(-c2ccc(Cl)cc2)c1N. The van der Waals surface area contributed by atoms with Crippen LogP contribution in [0.15, 0.2) is 54.6 Å². The number of rotatable bonds is 3. The van der Waals surface area contributed by atoms with Crippen molar-refractivity contribution in [2.75, 3.05) is 5.73 Å². The molecular formula is C17H16ClN3. The summed E-state index contributed by atoms with van der Waals surface area (Å²) >= 11 is 5.94. The van der Waals surface area contributed by atoms with Crippen LogP contribution in [0.1, 0.15) is 6.92 Å². The summed E-state index contributed by atoms with van der Waals surface area (Å²) < 4.78 is 2.03. The lowest BCUT2D eigenvalue weighted by atomic mass is 10.1. The first kappa shape index (κ1) is 13.7. The number of nitrogen functional groups attached to an aromatic ring is 1. The zero-order valence-electron chi connectivity index (χ0n) is 11.8. The Balaban J connectivity index is 2.16. The van der Waals surface area contributed by atoms with E-state index in [1.165, 1.54) is 0 Å². The Kier molecular flexibility index (Phi) is 3.67. The molecule has 0 saturated carbocycles. The quantitative estimate of drug-likeness (QED) is 0.775. The molecule has 0 atom stereocenters. The molecule has 2 N–H and O–H groups in total. The number of nitrogens with two attached hydrogens (primary N) is 1. The Morgan fingerprint density at radius 2 is 1.67 bits per heavy atom. The van der Waals surface area contributed by atoms with Crippen LogP contribution in [-0.4, -0.2) is 9.55 Å². The van der Waals surface area contributed by atoms with E-state index in [1.807, 2.05) is 59.2 Å². The van der Waals surface area contributed by atoms with Gasteiger partial charge in [0.05, 0.1) is 0 Å². The molecule has 0 aliphatic heterocycles. The molecule has 0 amide bonds. The molecule has 0 aliphatic carbocycles. The predicted octanol–water partition coefficient (Wildman–Crippen LogP) is 4.47. The zero-order chi connectivity index (χ0) is 14.8. The second kappa shape index (κ2) is 5.62. The van der Waals surface area contributed by atoms with Gasteiger partial charge in [0.25, 0.3) is 0 Å². The normalized spacial score (nSPS) is 10.8. The molecule has 2 aromatic carbocycles. The van der Waals surface area contributed by atoms with Gasteiger partial charge in [-0.3, -0.25) is 0 Å². The van der Waals surface area contributed by atoms with Crippen LogP contribution in [0.5, 0.6) is 0 Å². The van der Waals surface area contributed by atoms with Crippen LogP contribution in [0.4, 0.5) is 5.82 Å². The maximum atomic E-state index is 6.29. The van der Waals surface area contributed by atoms with E-state index in [1.54, 1.807) is 0 Å². The summed E-state index contributed by atoms with van der Waals surface area (Å²) in [6.07, 6.45) is 0. The number of anilines is 1. The van der Waals surface area contributed by atoms with E-state index in [-0.39, 0.29) is 0 Å². The van der Waals surface area contributed by atoms with Gasteiger partial charge in [-0.1, -0.05) is 54.1 Å². The monoisotopic (exact) mass is 297 g/mol. The topological polar surface area (TPSA) is 43.8 Å². The minimum Gasteiger partial charge on any atom is -0.383 e. The largest absolute Gasteiger partial charge is 0.383 e. The Morgan fingerprint density at radius 3 is 2.29 bits per heavy atom. The zero-order valence-corrected chi connectivity index (χ0v) is 12.5. The van der Waals surface area contributed by atoms with Crippen molar-refractivity contribution in [1.82, 2.24) is 9.55 Å². The number of imidazole rings is 1. The lowest BCUT2D eigenvalue weighted by Gasteiger charge is -2.06. The summed E-state index contributed by atoms with van der Waals surface area (Å²) in [5.74, 6) is 1.57. The van der Waals surface area contributed by atoms with Gasteiger partial charge in [0.2, 0.25) is 0 Å². The molecule has 1 aromatic heterocycles. The predicted molar refractivity (Wildman–Crippen MR) is 88.2 cm³/mol. The molecule has 106 valence electrons. The van der Waals surface area contributed by atoms with Gasteiger partial charge in [-0.2, -0.15) is 0 Å². The fraction of sp³-hybridized carbons (Fsp3) is 0.118. The molecule has 3 nitrogen and oxygen atoms in total. The average molecular weight is 298 g/mol. The molecule has 3 rings (SSSR count). The molecule has 0 spiro atoms. The summed E-state index contributed by atoms with van der Waals surface area (Å²) in [5, 5.41) is 0.704. The van der Waals surface area contributed by atoms with E-state index >= 15 is 0 Å². The fourth-order valence-electron chi connectivity index (χ4n) is 2.41. The van der Waals surface area contributed by atoms with Crippen LogP contribution in [0, 0.1) is 0 Å². The van der Waals surface area contributed by atoms with Crippen molar-refractivity contribution in [2.24, 2.45) is 0 Å². The van der Waals surface area contributed by atoms with Gasteiger partial charge in [-0.25, -0.2) is 4.98 Å². The number of aromatic nitrogens is 2. The van der Waals surface area contributed by atoms with Crippen molar-refractivity contribution in [3.8, 4) is 22.6 Å². The highest BCUT2D eigenvalue weighted by Crippen LogP contribution is 2.31. The van der Waals surface area contributed by atoms with Crippen molar-refractivity contribution >= 4 is 17.4 Å². The van der Waals surface area contributed by atoms with Gasteiger partial charge in [0.15, 0.2) is 0 Å². The van der Waals surface area contributed by atoms with Crippen molar-refractivity contribution in [2.45, 2.75) is 13.5 Å². The summed E-state index contributed by atoms with van der Waals surface area (Å²) in [7, 11) is 0.